The van der Waals surface area contributed by atoms with Gasteiger partial charge < -0.3 is 19.9 Å². The second-order valence-corrected chi connectivity index (χ2v) is 8.17. The van der Waals surface area contributed by atoms with Gasteiger partial charge in [0.2, 0.25) is 5.95 Å². The lowest BCUT2D eigenvalue weighted by molar-refractivity contribution is 0.219. The Balaban J connectivity index is 1.64. The van der Waals surface area contributed by atoms with Gasteiger partial charge in [0, 0.05) is 37.6 Å². The molecule has 1 aromatic carbocycles. The summed E-state index contributed by atoms with van der Waals surface area (Å²) in [4.78, 5) is 14.7. The first-order valence-corrected chi connectivity index (χ1v) is 10.8. The highest BCUT2D eigenvalue weighted by Gasteiger charge is 2.22. The van der Waals surface area contributed by atoms with Gasteiger partial charge in [-0.1, -0.05) is 6.92 Å². The Morgan fingerprint density at radius 3 is 2.54 bits per heavy atom. The number of ether oxygens (including phenoxy) is 1. The van der Waals surface area contributed by atoms with Crippen LogP contribution in [-0.4, -0.2) is 60.7 Å². The minimum Gasteiger partial charge on any atom is -0.496 e. The molecule has 0 atom stereocenters. The zero-order valence-electron chi connectivity index (χ0n) is 17.5. The standard InChI is InChI=1S/C22H33N5O/c1-4-9-26-12-7-17(8-13-26)23-21-18-15-20(28-3)16(2)14-19(18)24-22(25-21)27-10-5-6-11-27/h14-15,17H,4-13H2,1-3H3,(H,23,24,25). The first-order valence-electron chi connectivity index (χ1n) is 10.8. The van der Waals surface area contributed by atoms with Gasteiger partial charge in [0.1, 0.15) is 11.6 Å². The van der Waals surface area contributed by atoms with Gasteiger partial charge in [0.05, 0.1) is 12.6 Å². The third kappa shape index (κ3) is 4.02. The molecule has 28 heavy (non-hydrogen) atoms. The Kier molecular flexibility index (Phi) is 5.85. The summed E-state index contributed by atoms with van der Waals surface area (Å²) in [6.07, 6.45) is 6.00. The van der Waals surface area contributed by atoms with Gasteiger partial charge in [-0.05, 0) is 63.3 Å². The van der Waals surface area contributed by atoms with Crippen LogP contribution < -0.4 is 15.0 Å². The molecule has 4 rings (SSSR count). The third-order valence-electron chi connectivity index (χ3n) is 6.06. The Hall–Kier alpha value is -2.08. The Labute approximate surface area is 168 Å². The lowest BCUT2D eigenvalue weighted by atomic mass is 10.0. The van der Waals surface area contributed by atoms with Crippen LogP contribution in [0.5, 0.6) is 5.75 Å². The van der Waals surface area contributed by atoms with E-state index in [1.54, 1.807) is 7.11 Å². The van der Waals surface area contributed by atoms with Crippen LogP contribution in [0.2, 0.25) is 0 Å². The first-order chi connectivity index (χ1) is 13.7. The van der Waals surface area contributed by atoms with Crippen molar-refractivity contribution in [1.29, 1.82) is 0 Å². The molecule has 3 heterocycles. The molecule has 6 nitrogen and oxygen atoms in total. The predicted molar refractivity (Wildman–Crippen MR) is 116 cm³/mol. The topological polar surface area (TPSA) is 53.5 Å². The fourth-order valence-corrected chi connectivity index (χ4v) is 4.45. The number of likely N-dealkylation sites (tertiary alicyclic amines) is 1. The summed E-state index contributed by atoms with van der Waals surface area (Å²) < 4.78 is 5.57. The second kappa shape index (κ2) is 8.52. The van der Waals surface area contributed by atoms with Gasteiger partial charge in [-0.2, -0.15) is 4.98 Å². The van der Waals surface area contributed by atoms with Gasteiger partial charge >= 0.3 is 0 Å². The lowest BCUT2D eigenvalue weighted by Crippen LogP contribution is -2.39. The molecule has 152 valence electrons. The van der Waals surface area contributed by atoms with Crippen molar-refractivity contribution in [1.82, 2.24) is 14.9 Å². The number of anilines is 2. The van der Waals surface area contributed by atoms with Crippen molar-refractivity contribution in [2.24, 2.45) is 0 Å². The van der Waals surface area contributed by atoms with Crippen LogP contribution in [0.15, 0.2) is 12.1 Å². The molecule has 0 amide bonds. The van der Waals surface area contributed by atoms with Crippen LogP contribution in [-0.2, 0) is 0 Å². The van der Waals surface area contributed by atoms with Crippen molar-refractivity contribution in [3.63, 3.8) is 0 Å². The van der Waals surface area contributed by atoms with E-state index in [0.717, 1.165) is 73.0 Å². The highest BCUT2D eigenvalue weighted by atomic mass is 16.5. The predicted octanol–water partition coefficient (Wildman–Crippen LogP) is 3.83. The fourth-order valence-electron chi connectivity index (χ4n) is 4.45. The number of hydrogen-bond donors (Lipinski definition) is 1. The first kappa shape index (κ1) is 19.2. The van der Waals surface area contributed by atoms with E-state index in [9.17, 15) is 0 Å². The number of rotatable bonds is 6. The molecule has 0 radical (unpaired) electrons. The molecule has 0 aliphatic carbocycles. The van der Waals surface area contributed by atoms with Crippen molar-refractivity contribution >= 4 is 22.7 Å². The van der Waals surface area contributed by atoms with E-state index in [-0.39, 0.29) is 0 Å². The molecule has 2 aromatic rings. The van der Waals surface area contributed by atoms with E-state index < -0.39 is 0 Å². The quantitative estimate of drug-likeness (QED) is 0.818. The molecule has 0 spiro atoms. The zero-order chi connectivity index (χ0) is 19.5. The second-order valence-electron chi connectivity index (χ2n) is 8.17. The number of hydrogen-bond acceptors (Lipinski definition) is 6. The summed E-state index contributed by atoms with van der Waals surface area (Å²) >= 11 is 0. The summed E-state index contributed by atoms with van der Waals surface area (Å²) in [5.41, 5.74) is 2.11. The van der Waals surface area contributed by atoms with Gasteiger partial charge in [0.15, 0.2) is 0 Å². The summed E-state index contributed by atoms with van der Waals surface area (Å²) in [5, 5.41) is 4.82. The van der Waals surface area contributed by atoms with Crippen LogP contribution in [0.25, 0.3) is 10.9 Å². The number of fused-ring (bicyclic) bond motifs is 1. The molecule has 1 N–H and O–H groups in total. The highest BCUT2D eigenvalue weighted by molar-refractivity contribution is 5.92. The minimum atomic E-state index is 0.463. The zero-order valence-corrected chi connectivity index (χ0v) is 17.5. The smallest absolute Gasteiger partial charge is 0.227 e. The maximum absolute atomic E-state index is 5.57. The van der Waals surface area contributed by atoms with E-state index in [4.69, 9.17) is 14.7 Å². The molecule has 2 aliphatic heterocycles. The molecule has 2 aliphatic rings. The highest BCUT2D eigenvalue weighted by Crippen LogP contribution is 2.32. The normalized spacial score (nSPS) is 18.8. The number of benzene rings is 1. The van der Waals surface area contributed by atoms with Gasteiger partial charge in [-0.3, -0.25) is 0 Å². The average Bonchev–Trinajstić information content (AvgIpc) is 3.24. The molecule has 2 fully saturated rings. The van der Waals surface area contributed by atoms with E-state index in [1.165, 1.54) is 25.8 Å². The lowest BCUT2D eigenvalue weighted by Gasteiger charge is -2.32. The average molecular weight is 384 g/mol. The number of nitrogens with zero attached hydrogens (tertiary/aromatic N) is 4. The summed E-state index contributed by atoms with van der Waals surface area (Å²) in [6, 6.07) is 4.68. The van der Waals surface area contributed by atoms with E-state index in [0.29, 0.717) is 6.04 Å². The molecule has 2 saturated heterocycles. The van der Waals surface area contributed by atoms with Crippen LogP contribution in [0.4, 0.5) is 11.8 Å². The molecule has 0 unspecified atom stereocenters. The molecule has 1 aromatic heterocycles. The van der Waals surface area contributed by atoms with Crippen molar-refractivity contribution < 1.29 is 4.74 Å². The number of methoxy groups -OCH3 is 1. The van der Waals surface area contributed by atoms with Gasteiger partial charge in [0.25, 0.3) is 0 Å². The largest absolute Gasteiger partial charge is 0.496 e. The number of aryl methyl sites for hydroxylation is 1. The molecule has 6 heteroatoms. The van der Waals surface area contributed by atoms with Crippen molar-refractivity contribution in [2.45, 2.75) is 52.0 Å². The van der Waals surface area contributed by atoms with Crippen molar-refractivity contribution in [3.8, 4) is 5.75 Å². The SMILES string of the molecule is CCCN1CCC(Nc2nc(N3CCCC3)nc3cc(C)c(OC)cc23)CC1. The van der Waals surface area contributed by atoms with E-state index >= 15 is 0 Å². The van der Waals surface area contributed by atoms with Crippen molar-refractivity contribution in [3.05, 3.63) is 17.7 Å². The fraction of sp³-hybridized carbons (Fsp3) is 0.636. The molecular formula is C22H33N5O. The monoisotopic (exact) mass is 383 g/mol. The van der Waals surface area contributed by atoms with Crippen LogP contribution in [0.1, 0.15) is 44.6 Å². The maximum atomic E-state index is 5.57. The molecule has 0 bridgehead atoms. The number of aromatic nitrogens is 2. The third-order valence-corrected chi connectivity index (χ3v) is 6.06. The molecule has 0 saturated carbocycles. The Morgan fingerprint density at radius 1 is 1.11 bits per heavy atom. The van der Waals surface area contributed by atoms with Crippen LogP contribution in [0, 0.1) is 6.92 Å². The minimum absolute atomic E-state index is 0.463. The van der Waals surface area contributed by atoms with E-state index in [2.05, 4.69) is 41.1 Å². The van der Waals surface area contributed by atoms with Crippen LogP contribution >= 0.6 is 0 Å². The molecular weight excluding hydrogens is 350 g/mol. The Morgan fingerprint density at radius 2 is 1.86 bits per heavy atom. The summed E-state index contributed by atoms with van der Waals surface area (Å²) in [6.45, 7) is 9.97. The summed E-state index contributed by atoms with van der Waals surface area (Å²) in [5.74, 6) is 2.71. The van der Waals surface area contributed by atoms with Gasteiger partial charge in [-0.25, -0.2) is 4.98 Å². The maximum Gasteiger partial charge on any atom is 0.227 e. The Bertz CT molecular complexity index is 810. The number of nitrogens with one attached hydrogen (secondary N) is 1. The van der Waals surface area contributed by atoms with Gasteiger partial charge in [-0.15, -0.1) is 0 Å². The van der Waals surface area contributed by atoms with Crippen molar-refractivity contribution in [2.75, 3.05) is 50.1 Å². The van der Waals surface area contributed by atoms with E-state index in [1.807, 2.05) is 0 Å². The number of piperidine rings is 1. The van der Waals surface area contributed by atoms with Crippen LogP contribution in [0.3, 0.4) is 0 Å². The summed E-state index contributed by atoms with van der Waals surface area (Å²) in [7, 11) is 1.73.